The van der Waals surface area contributed by atoms with Gasteiger partial charge in [-0.3, -0.25) is 0 Å². The summed E-state index contributed by atoms with van der Waals surface area (Å²) in [6.07, 6.45) is 5.11. The van der Waals surface area contributed by atoms with Gasteiger partial charge in [0.05, 0.1) is 6.10 Å². The van der Waals surface area contributed by atoms with Gasteiger partial charge in [-0.2, -0.15) is 0 Å². The molecule has 5 nitrogen and oxygen atoms in total. The number of ether oxygens (including phenoxy) is 1. The number of fused-ring (bicyclic) bond motifs is 3. The van der Waals surface area contributed by atoms with Crippen LogP contribution in [0.25, 0.3) is 22.1 Å². The van der Waals surface area contributed by atoms with Crippen LogP contribution in [-0.2, 0) is 4.74 Å². The number of nitrogens with one attached hydrogen (secondary N) is 1. The second-order valence-corrected chi connectivity index (χ2v) is 5.51. The van der Waals surface area contributed by atoms with Gasteiger partial charge in [-0.15, -0.1) is 0 Å². The van der Waals surface area contributed by atoms with E-state index in [9.17, 15) is 0 Å². The van der Waals surface area contributed by atoms with Crippen LogP contribution in [0.3, 0.4) is 0 Å². The summed E-state index contributed by atoms with van der Waals surface area (Å²) in [6, 6.07) is 8.31. The minimum Gasteiger partial charge on any atom is -0.450 e. The number of para-hydroxylation sites is 1. The van der Waals surface area contributed by atoms with Crippen LogP contribution < -0.4 is 5.32 Å². The second-order valence-electron chi connectivity index (χ2n) is 5.51. The van der Waals surface area contributed by atoms with Gasteiger partial charge in [-0.05, 0) is 31.4 Å². The predicted octanol–water partition coefficient (Wildman–Crippen LogP) is 3.36. The Hall–Kier alpha value is -2.14. The summed E-state index contributed by atoms with van der Waals surface area (Å²) in [5.41, 5.74) is 2.45. The van der Waals surface area contributed by atoms with Gasteiger partial charge in [0, 0.05) is 18.5 Å². The first-order valence-electron chi connectivity index (χ1n) is 7.26. The Morgan fingerprint density at radius 1 is 1.24 bits per heavy atom. The van der Waals surface area contributed by atoms with Crippen LogP contribution in [0.2, 0.25) is 0 Å². The van der Waals surface area contributed by atoms with Crippen molar-refractivity contribution in [2.24, 2.45) is 0 Å². The van der Waals surface area contributed by atoms with Crippen molar-refractivity contribution in [2.75, 3.05) is 12.4 Å². The van der Waals surface area contributed by atoms with Crippen molar-refractivity contribution >= 4 is 27.9 Å². The monoisotopic (exact) mass is 283 g/mol. The number of anilines is 1. The van der Waals surface area contributed by atoms with Crippen molar-refractivity contribution in [1.29, 1.82) is 0 Å². The topological polar surface area (TPSA) is 60.2 Å². The summed E-state index contributed by atoms with van der Waals surface area (Å²) in [6.45, 7) is 0. The molecule has 4 rings (SSSR count). The Labute approximate surface area is 122 Å². The molecule has 0 spiro atoms. The lowest BCUT2D eigenvalue weighted by Gasteiger charge is -2.13. The molecule has 0 bridgehead atoms. The maximum atomic E-state index is 5.93. The van der Waals surface area contributed by atoms with Crippen LogP contribution in [0.15, 0.2) is 35.0 Å². The van der Waals surface area contributed by atoms with Crippen molar-refractivity contribution in [1.82, 2.24) is 9.97 Å². The van der Waals surface area contributed by atoms with Gasteiger partial charge < -0.3 is 14.5 Å². The summed E-state index contributed by atoms with van der Waals surface area (Å²) in [5, 5.41) is 4.51. The molecule has 0 saturated heterocycles. The molecule has 3 aromatic rings. The number of benzene rings is 1. The van der Waals surface area contributed by atoms with Gasteiger partial charge in [-0.1, -0.05) is 12.1 Å². The van der Waals surface area contributed by atoms with E-state index in [1.807, 2.05) is 24.3 Å². The lowest BCUT2D eigenvalue weighted by Crippen LogP contribution is -2.18. The van der Waals surface area contributed by atoms with E-state index in [2.05, 4.69) is 15.3 Å². The van der Waals surface area contributed by atoms with E-state index >= 15 is 0 Å². The fourth-order valence-corrected chi connectivity index (χ4v) is 3.10. The molecule has 0 radical (unpaired) electrons. The lowest BCUT2D eigenvalue weighted by atomic mass is 10.2. The molecule has 21 heavy (non-hydrogen) atoms. The van der Waals surface area contributed by atoms with Crippen LogP contribution in [0, 0.1) is 0 Å². The minimum absolute atomic E-state index is 0.343. The first-order valence-corrected chi connectivity index (χ1v) is 7.26. The summed E-state index contributed by atoms with van der Waals surface area (Å²) < 4.78 is 11.3. The summed E-state index contributed by atoms with van der Waals surface area (Å²) in [5.74, 6) is 0.776. The molecule has 1 aromatic carbocycles. The third-order valence-electron chi connectivity index (χ3n) is 4.22. The molecular weight excluding hydrogens is 266 g/mol. The first-order chi connectivity index (χ1) is 10.3. The largest absolute Gasteiger partial charge is 0.450 e. The van der Waals surface area contributed by atoms with Crippen LogP contribution >= 0.6 is 0 Å². The second kappa shape index (κ2) is 5.00. The smallest absolute Gasteiger partial charge is 0.196 e. The third-order valence-corrected chi connectivity index (χ3v) is 4.22. The van der Waals surface area contributed by atoms with Crippen LogP contribution in [-0.4, -0.2) is 29.2 Å². The number of methoxy groups -OCH3 is 1. The third kappa shape index (κ3) is 2.14. The Bertz CT molecular complexity index is 783. The SMILES string of the molecule is COC1CCC(Nc2ncnc3c2oc2ccccc23)C1. The van der Waals surface area contributed by atoms with E-state index in [0.29, 0.717) is 12.1 Å². The fourth-order valence-electron chi connectivity index (χ4n) is 3.10. The highest BCUT2D eigenvalue weighted by atomic mass is 16.5. The number of hydrogen-bond acceptors (Lipinski definition) is 5. The zero-order valence-electron chi connectivity index (χ0n) is 11.9. The Morgan fingerprint density at radius 3 is 3.00 bits per heavy atom. The molecule has 1 aliphatic carbocycles. The van der Waals surface area contributed by atoms with Crippen molar-refractivity contribution in [3.8, 4) is 0 Å². The van der Waals surface area contributed by atoms with E-state index in [1.165, 1.54) is 0 Å². The molecule has 1 N–H and O–H groups in total. The van der Waals surface area contributed by atoms with Gasteiger partial charge in [0.1, 0.15) is 17.4 Å². The summed E-state index contributed by atoms with van der Waals surface area (Å²) in [4.78, 5) is 8.73. The maximum Gasteiger partial charge on any atom is 0.196 e. The Balaban J connectivity index is 1.72. The van der Waals surface area contributed by atoms with Gasteiger partial charge in [0.25, 0.3) is 0 Å². The number of hydrogen-bond donors (Lipinski definition) is 1. The molecule has 1 saturated carbocycles. The van der Waals surface area contributed by atoms with E-state index in [-0.39, 0.29) is 0 Å². The van der Waals surface area contributed by atoms with Crippen molar-refractivity contribution in [2.45, 2.75) is 31.4 Å². The van der Waals surface area contributed by atoms with Gasteiger partial charge >= 0.3 is 0 Å². The molecule has 5 heteroatoms. The number of aromatic nitrogens is 2. The fraction of sp³-hybridized carbons (Fsp3) is 0.375. The average molecular weight is 283 g/mol. The highest BCUT2D eigenvalue weighted by Crippen LogP contribution is 2.32. The molecule has 108 valence electrons. The van der Waals surface area contributed by atoms with E-state index in [4.69, 9.17) is 9.15 Å². The zero-order valence-corrected chi connectivity index (χ0v) is 11.9. The molecule has 2 heterocycles. The Kier molecular flexibility index (Phi) is 3.00. The molecule has 0 aliphatic heterocycles. The highest BCUT2D eigenvalue weighted by Gasteiger charge is 2.25. The number of rotatable bonds is 3. The minimum atomic E-state index is 0.343. The molecular formula is C16H17N3O2. The van der Waals surface area contributed by atoms with E-state index in [0.717, 1.165) is 47.1 Å². The zero-order chi connectivity index (χ0) is 14.2. The van der Waals surface area contributed by atoms with Crippen molar-refractivity contribution < 1.29 is 9.15 Å². The van der Waals surface area contributed by atoms with Crippen LogP contribution in [0.1, 0.15) is 19.3 Å². The maximum absolute atomic E-state index is 5.93. The predicted molar refractivity (Wildman–Crippen MR) is 81.4 cm³/mol. The average Bonchev–Trinajstić information content (AvgIpc) is 3.12. The molecule has 1 fully saturated rings. The molecule has 2 aromatic heterocycles. The van der Waals surface area contributed by atoms with Gasteiger partial charge in [-0.25, -0.2) is 9.97 Å². The van der Waals surface area contributed by atoms with E-state index < -0.39 is 0 Å². The van der Waals surface area contributed by atoms with Gasteiger partial charge in [0.15, 0.2) is 11.4 Å². The highest BCUT2D eigenvalue weighted by molar-refractivity contribution is 6.05. The standard InChI is InChI=1S/C16H17N3O2/c1-20-11-7-6-10(8-11)19-16-15-14(17-9-18-16)12-4-2-3-5-13(12)21-15/h2-5,9-11H,6-8H2,1H3,(H,17,18,19). The summed E-state index contributed by atoms with van der Waals surface area (Å²) >= 11 is 0. The van der Waals surface area contributed by atoms with Crippen molar-refractivity contribution in [3.63, 3.8) is 0 Å². The van der Waals surface area contributed by atoms with Crippen molar-refractivity contribution in [3.05, 3.63) is 30.6 Å². The van der Waals surface area contributed by atoms with E-state index in [1.54, 1.807) is 13.4 Å². The number of furan rings is 1. The van der Waals surface area contributed by atoms with Crippen LogP contribution in [0.5, 0.6) is 0 Å². The molecule has 0 amide bonds. The molecule has 1 aliphatic rings. The first kappa shape index (κ1) is 12.6. The van der Waals surface area contributed by atoms with Crippen LogP contribution in [0.4, 0.5) is 5.82 Å². The molecule has 2 unspecified atom stereocenters. The molecule has 2 atom stereocenters. The quantitative estimate of drug-likeness (QED) is 0.798. The Morgan fingerprint density at radius 2 is 2.14 bits per heavy atom. The van der Waals surface area contributed by atoms with Gasteiger partial charge in [0.2, 0.25) is 0 Å². The normalized spacial score (nSPS) is 22.1. The number of nitrogens with zero attached hydrogens (tertiary/aromatic N) is 2. The summed E-state index contributed by atoms with van der Waals surface area (Å²) in [7, 11) is 1.77. The lowest BCUT2D eigenvalue weighted by molar-refractivity contribution is 0.108.